The summed E-state index contributed by atoms with van der Waals surface area (Å²) in [4.78, 5) is 24.1. The normalized spacial score (nSPS) is 12.3. The molecule has 2 N–H and O–H groups in total. The molecule has 142 valence electrons. The Labute approximate surface area is 165 Å². The highest BCUT2D eigenvalue weighted by atomic mass is 35.5. The second-order valence-electron chi connectivity index (χ2n) is 5.68. The number of rotatable bonds is 4. The minimum atomic E-state index is -0.551. The molecule has 2 aromatic carbocycles. The molecular weight excluding hydrogens is 395 g/mol. The second-order valence-corrected chi connectivity index (χ2v) is 6.50. The number of amides is 2. The molecule has 7 nitrogen and oxygen atoms in total. The summed E-state index contributed by atoms with van der Waals surface area (Å²) < 4.78 is 16.2. The van der Waals surface area contributed by atoms with E-state index < -0.39 is 11.8 Å². The van der Waals surface area contributed by atoms with E-state index in [2.05, 4.69) is 10.9 Å². The van der Waals surface area contributed by atoms with E-state index in [1.807, 2.05) is 6.92 Å². The first-order valence-electron chi connectivity index (χ1n) is 8.01. The van der Waals surface area contributed by atoms with E-state index in [-0.39, 0.29) is 17.2 Å². The maximum Gasteiger partial charge on any atom is 0.276 e. The lowest BCUT2D eigenvalue weighted by Gasteiger charge is -2.20. The number of carbonyl (C=O) groups excluding carboxylic acids is 2. The lowest BCUT2D eigenvalue weighted by molar-refractivity contribution is -0.123. The molecule has 1 aliphatic heterocycles. The lowest BCUT2D eigenvalue weighted by atomic mass is 10.2. The van der Waals surface area contributed by atoms with Crippen LogP contribution in [0.4, 0.5) is 0 Å². The zero-order valence-electron chi connectivity index (χ0n) is 14.3. The number of ether oxygens (including phenoxy) is 3. The Kier molecular flexibility index (Phi) is 5.93. The summed E-state index contributed by atoms with van der Waals surface area (Å²) in [6.45, 7) is 2.31. The molecule has 0 aromatic heterocycles. The largest absolute Gasteiger partial charge is 0.486 e. The van der Waals surface area contributed by atoms with Crippen molar-refractivity contribution < 1.29 is 23.8 Å². The number of halogens is 2. The van der Waals surface area contributed by atoms with Gasteiger partial charge in [0.15, 0.2) is 18.1 Å². The molecule has 0 fully saturated rings. The Morgan fingerprint density at radius 1 is 1.07 bits per heavy atom. The highest BCUT2D eigenvalue weighted by Gasteiger charge is 2.19. The van der Waals surface area contributed by atoms with E-state index in [1.54, 1.807) is 18.2 Å². The maximum absolute atomic E-state index is 12.2. The van der Waals surface area contributed by atoms with Crippen LogP contribution in [-0.4, -0.2) is 31.6 Å². The van der Waals surface area contributed by atoms with Crippen LogP contribution in [0.15, 0.2) is 30.3 Å². The Bertz CT molecular complexity index is 888. The predicted octanol–water partition coefficient (Wildman–Crippen LogP) is 2.91. The van der Waals surface area contributed by atoms with E-state index in [1.165, 1.54) is 12.1 Å². The zero-order valence-corrected chi connectivity index (χ0v) is 15.8. The molecule has 2 amide bonds. The molecule has 1 aliphatic rings. The highest BCUT2D eigenvalue weighted by molar-refractivity contribution is 6.32. The van der Waals surface area contributed by atoms with Gasteiger partial charge in [0.25, 0.3) is 11.8 Å². The molecule has 0 saturated carbocycles. The van der Waals surface area contributed by atoms with Crippen LogP contribution >= 0.6 is 23.2 Å². The number of nitrogens with one attached hydrogen (secondary N) is 2. The van der Waals surface area contributed by atoms with E-state index >= 15 is 0 Å². The van der Waals surface area contributed by atoms with Crippen LogP contribution in [-0.2, 0) is 4.79 Å². The molecule has 0 radical (unpaired) electrons. The van der Waals surface area contributed by atoms with Gasteiger partial charge in [-0.2, -0.15) is 0 Å². The number of fused-ring (bicyclic) bond motifs is 1. The van der Waals surface area contributed by atoms with Gasteiger partial charge in [0.05, 0.1) is 5.02 Å². The standard InChI is InChI=1S/C18H16Cl2N2O5/c1-10-6-12(2-3-13(10)19)27-9-16(23)21-22-18(24)11-7-14(20)17-15(8-11)25-4-5-26-17/h2-3,6-8H,4-5,9H2,1H3,(H,21,23)(H,22,24). The number of hydrogen-bond donors (Lipinski definition) is 2. The quantitative estimate of drug-likeness (QED) is 0.756. The van der Waals surface area contributed by atoms with Crippen LogP contribution in [0.25, 0.3) is 0 Å². The molecule has 0 unspecified atom stereocenters. The van der Waals surface area contributed by atoms with Gasteiger partial charge < -0.3 is 14.2 Å². The molecule has 27 heavy (non-hydrogen) atoms. The highest BCUT2D eigenvalue weighted by Crippen LogP contribution is 2.38. The smallest absolute Gasteiger partial charge is 0.276 e. The van der Waals surface area contributed by atoms with Gasteiger partial charge in [0.1, 0.15) is 19.0 Å². The van der Waals surface area contributed by atoms with Crippen molar-refractivity contribution in [1.29, 1.82) is 0 Å². The fraction of sp³-hybridized carbons (Fsp3) is 0.222. The first kappa shape index (κ1) is 19.1. The van der Waals surface area contributed by atoms with Crippen LogP contribution in [0.1, 0.15) is 15.9 Å². The molecule has 9 heteroatoms. The van der Waals surface area contributed by atoms with Gasteiger partial charge >= 0.3 is 0 Å². The van der Waals surface area contributed by atoms with Gasteiger partial charge in [-0.25, -0.2) is 0 Å². The minimum absolute atomic E-state index is 0.221. The van der Waals surface area contributed by atoms with E-state index in [9.17, 15) is 9.59 Å². The molecular formula is C18H16Cl2N2O5. The maximum atomic E-state index is 12.2. The third kappa shape index (κ3) is 4.75. The van der Waals surface area contributed by atoms with E-state index in [0.717, 1.165) is 5.56 Å². The number of hydrogen-bond acceptors (Lipinski definition) is 5. The molecule has 0 aliphatic carbocycles. The number of benzene rings is 2. The number of hydrazine groups is 1. The van der Waals surface area contributed by atoms with Gasteiger partial charge in [-0.1, -0.05) is 23.2 Å². The summed E-state index contributed by atoms with van der Waals surface area (Å²) in [6.07, 6.45) is 0. The SMILES string of the molecule is Cc1cc(OCC(=O)NNC(=O)c2cc(Cl)c3c(c2)OCCO3)ccc1Cl. The number of carbonyl (C=O) groups is 2. The van der Waals surface area contributed by atoms with Gasteiger partial charge in [-0.15, -0.1) is 0 Å². The topological polar surface area (TPSA) is 85.9 Å². The summed E-state index contributed by atoms with van der Waals surface area (Å²) in [7, 11) is 0. The molecule has 0 bridgehead atoms. The summed E-state index contributed by atoms with van der Waals surface area (Å²) in [5, 5.41) is 0.863. The van der Waals surface area contributed by atoms with Gasteiger partial charge in [-0.3, -0.25) is 20.4 Å². The molecule has 2 aromatic rings. The Morgan fingerprint density at radius 2 is 1.85 bits per heavy atom. The summed E-state index contributed by atoms with van der Waals surface area (Å²) in [5.74, 6) is 0.197. The van der Waals surface area contributed by atoms with E-state index in [0.29, 0.717) is 35.5 Å². The van der Waals surface area contributed by atoms with Crippen molar-refractivity contribution in [1.82, 2.24) is 10.9 Å². The van der Waals surface area contributed by atoms with Crippen molar-refractivity contribution in [2.75, 3.05) is 19.8 Å². The monoisotopic (exact) mass is 410 g/mol. The van der Waals surface area contributed by atoms with Crippen LogP contribution in [0.3, 0.4) is 0 Å². The Balaban J connectivity index is 1.53. The number of aryl methyl sites for hydroxylation is 1. The molecule has 0 saturated heterocycles. The van der Waals surface area contributed by atoms with Crippen LogP contribution < -0.4 is 25.1 Å². The average molecular weight is 411 g/mol. The van der Waals surface area contributed by atoms with Gasteiger partial charge in [-0.05, 0) is 42.8 Å². The van der Waals surface area contributed by atoms with Crippen molar-refractivity contribution in [3.63, 3.8) is 0 Å². The third-order valence-electron chi connectivity index (χ3n) is 3.67. The molecule has 3 rings (SSSR count). The lowest BCUT2D eigenvalue weighted by Crippen LogP contribution is -2.43. The van der Waals surface area contributed by atoms with Crippen LogP contribution in [0.5, 0.6) is 17.2 Å². The Morgan fingerprint density at radius 3 is 2.63 bits per heavy atom. The Hall–Kier alpha value is -2.64. The minimum Gasteiger partial charge on any atom is -0.486 e. The van der Waals surface area contributed by atoms with E-state index in [4.69, 9.17) is 37.4 Å². The molecule has 0 spiro atoms. The summed E-state index contributed by atoms with van der Waals surface area (Å²) >= 11 is 12.0. The van der Waals surface area contributed by atoms with Crippen molar-refractivity contribution in [3.8, 4) is 17.2 Å². The zero-order chi connectivity index (χ0) is 19.4. The second kappa shape index (κ2) is 8.37. The fourth-order valence-corrected chi connectivity index (χ4v) is 2.72. The first-order valence-corrected chi connectivity index (χ1v) is 8.77. The third-order valence-corrected chi connectivity index (χ3v) is 4.38. The molecule has 0 atom stereocenters. The molecule has 1 heterocycles. The van der Waals surface area contributed by atoms with Gasteiger partial charge in [0.2, 0.25) is 0 Å². The first-order chi connectivity index (χ1) is 12.9. The average Bonchev–Trinajstić information content (AvgIpc) is 2.67. The van der Waals surface area contributed by atoms with Crippen molar-refractivity contribution in [2.24, 2.45) is 0 Å². The van der Waals surface area contributed by atoms with Crippen molar-refractivity contribution in [3.05, 3.63) is 51.5 Å². The van der Waals surface area contributed by atoms with Crippen molar-refractivity contribution >= 4 is 35.0 Å². The summed E-state index contributed by atoms with van der Waals surface area (Å²) in [5.41, 5.74) is 5.62. The van der Waals surface area contributed by atoms with Crippen LogP contribution in [0, 0.1) is 6.92 Å². The van der Waals surface area contributed by atoms with Crippen LogP contribution in [0.2, 0.25) is 10.0 Å². The fourth-order valence-electron chi connectivity index (χ4n) is 2.33. The van der Waals surface area contributed by atoms with Crippen molar-refractivity contribution in [2.45, 2.75) is 6.92 Å². The van der Waals surface area contributed by atoms with Gasteiger partial charge in [0, 0.05) is 10.6 Å². The summed E-state index contributed by atoms with van der Waals surface area (Å²) in [6, 6.07) is 7.97. The predicted molar refractivity (Wildman–Crippen MR) is 99.7 cm³/mol.